The molecule has 0 bridgehead atoms. The van der Waals surface area contributed by atoms with Crippen molar-refractivity contribution in [1.82, 2.24) is 9.78 Å². The zero-order valence-electron chi connectivity index (χ0n) is 9.16. The van der Waals surface area contributed by atoms with Crippen LogP contribution in [0.3, 0.4) is 0 Å². The summed E-state index contributed by atoms with van der Waals surface area (Å²) < 4.78 is 7.39. The zero-order valence-corrected chi connectivity index (χ0v) is 9.16. The van der Waals surface area contributed by atoms with Gasteiger partial charge in [0, 0.05) is 18.2 Å². The van der Waals surface area contributed by atoms with Gasteiger partial charge in [-0.2, -0.15) is 5.10 Å². The highest BCUT2D eigenvalue weighted by molar-refractivity contribution is 5.10. The van der Waals surface area contributed by atoms with Crippen LogP contribution in [0, 0.1) is 0 Å². The molecule has 1 unspecified atom stereocenters. The Morgan fingerprint density at radius 3 is 2.79 bits per heavy atom. The smallest absolute Gasteiger partial charge is 0.0774 e. The number of ether oxygens (including phenoxy) is 1. The molecule has 0 amide bonds. The van der Waals surface area contributed by atoms with Crippen molar-refractivity contribution < 1.29 is 4.74 Å². The monoisotopic (exact) mass is 194 g/mol. The molecule has 1 aliphatic rings. The molecule has 1 aromatic heterocycles. The Labute approximate surface area is 85.1 Å². The Morgan fingerprint density at radius 2 is 2.29 bits per heavy atom. The second kappa shape index (κ2) is 3.39. The van der Waals surface area contributed by atoms with Gasteiger partial charge in [-0.3, -0.25) is 4.68 Å². The summed E-state index contributed by atoms with van der Waals surface area (Å²) in [7, 11) is 0. The van der Waals surface area contributed by atoms with E-state index in [0.29, 0.717) is 6.04 Å². The Bertz CT molecular complexity index is 305. The fourth-order valence-electron chi connectivity index (χ4n) is 1.67. The highest BCUT2D eigenvalue weighted by Crippen LogP contribution is 2.23. The molecule has 1 aliphatic heterocycles. The van der Waals surface area contributed by atoms with Gasteiger partial charge in [0.2, 0.25) is 0 Å². The van der Waals surface area contributed by atoms with Crippen molar-refractivity contribution in [2.24, 2.45) is 0 Å². The molecule has 0 saturated carbocycles. The minimum absolute atomic E-state index is 0.144. The summed E-state index contributed by atoms with van der Waals surface area (Å²) in [5, 5.41) is 4.60. The number of aromatic nitrogens is 2. The second-order valence-corrected chi connectivity index (χ2v) is 4.95. The summed E-state index contributed by atoms with van der Waals surface area (Å²) in [5.41, 5.74) is 1.30. The summed E-state index contributed by atoms with van der Waals surface area (Å²) in [6.45, 7) is 8.24. The molecule has 2 rings (SSSR count). The third-order valence-electron chi connectivity index (χ3n) is 2.66. The third kappa shape index (κ3) is 1.82. The minimum atomic E-state index is 0.144. The molecule has 3 nitrogen and oxygen atoms in total. The molecule has 0 radical (unpaired) electrons. The van der Waals surface area contributed by atoms with Crippen LogP contribution in [0.4, 0.5) is 0 Å². The predicted molar refractivity (Wildman–Crippen MR) is 55.4 cm³/mol. The first-order valence-corrected chi connectivity index (χ1v) is 5.21. The number of rotatable bonds is 1. The van der Waals surface area contributed by atoms with E-state index in [1.165, 1.54) is 0 Å². The lowest BCUT2D eigenvalue weighted by molar-refractivity contribution is 0.184. The van der Waals surface area contributed by atoms with Crippen LogP contribution in [-0.2, 0) is 10.2 Å². The molecular weight excluding hydrogens is 176 g/mol. The zero-order chi connectivity index (χ0) is 10.2. The molecule has 0 aromatic carbocycles. The van der Waals surface area contributed by atoms with Crippen LogP contribution in [0.2, 0.25) is 0 Å². The molecule has 1 fully saturated rings. The van der Waals surface area contributed by atoms with E-state index in [9.17, 15) is 0 Å². The van der Waals surface area contributed by atoms with E-state index < -0.39 is 0 Å². The molecule has 0 N–H and O–H groups in total. The van der Waals surface area contributed by atoms with E-state index in [2.05, 4.69) is 38.1 Å². The lowest BCUT2D eigenvalue weighted by Crippen LogP contribution is -2.15. The van der Waals surface area contributed by atoms with Crippen molar-refractivity contribution in [3.8, 4) is 0 Å². The van der Waals surface area contributed by atoms with E-state index in [4.69, 9.17) is 4.74 Å². The van der Waals surface area contributed by atoms with Crippen LogP contribution in [0.25, 0.3) is 0 Å². The SMILES string of the molecule is CC(C)(C)c1ccn(C2CCOC2)n1. The normalized spacial score (nSPS) is 22.9. The highest BCUT2D eigenvalue weighted by atomic mass is 16.5. The first-order chi connectivity index (χ1) is 6.57. The van der Waals surface area contributed by atoms with Crippen molar-refractivity contribution in [2.45, 2.75) is 38.6 Å². The molecular formula is C11H18N2O. The van der Waals surface area contributed by atoms with Gasteiger partial charge >= 0.3 is 0 Å². The average molecular weight is 194 g/mol. The number of hydrogen-bond acceptors (Lipinski definition) is 2. The molecule has 14 heavy (non-hydrogen) atoms. The van der Waals surface area contributed by atoms with E-state index in [1.807, 2.05) is 4.68 Å². The third-order valence-corrected chi connectivity index (χ3v) is 2.66. The Balaban J connectivity index is 2.17. The van der Waals surface area contributed by atoms with Crippen LogP contribution in [0.15, 0.2) is 12.3 Å². The van der Waals surface area contributed by atoms with Crippen molar-refractivity contribution in [3.05, 3.63) is 18.0 Å². The molecule has 0 aliphatic carbocycles. The largest absolute Gasteiger partial charge is 0.379 e. The van der Waals surface area contributed by atoms with Crippen molar-refractivity contribution in [1.29, 1.82) is 0 Å². The molecule has 0 spiro atoms. The van der Waals surface area contributed by atoms with Gasteiger partial charge in [0.1, 0.15) is 0 Å². The highest BCUT2D eigenvalue weighted by Gasteiger charge is 2.21. The van der Waals surface area contributed by atoms with Crippen molar-refractivity contribution >= 4 is 0 Å². The quantitative estimate of drug-likeness (QED) is 0.685. The number of nitrogens with zero attached hydrogens (tertiary/aromatic N) is 2. The standard InChI is InChI=1S/C11H18N2O/c1-11(2,3)10-4-6-13(12-10)9-5-7-14-8-9/h4,6,9H,5,7-8H2,1-3H3. The maximum absolute atomic E-state index is 5.35. The summed E-state index contributed by atoms with van der Waals surface area (Å²) in [6, 6.07) is 2.56. The second-order valence-electron chi connectivity index (χ2n) is 4.95. The Kier molecular flexibility index (Phi) is 2.35. The first-order valence-electron chi connectivity index (χ1n) is 5.21. The fourth-order valence-corrected chi connectivity index (χ4v) is 1.67. The van der Waals surface area contributed by atoms with Crippen molar-refractivity contribution in [2.75, 3.05) is 13.2 Å². The van der Waals surface area contributed by atoms with Gasteiger partial charge in [-0.1, -0.05) is 20.8 Å². The summed E-state index contributed by atoms with van der Waals surface area (Å²) in [4.78, 5) is 0. The maximum Gasteiger partial charge on any atom is 0.0774 e. The topological polar surface area (TPSA) is 27.1 Å². The van der Waals surface area contributed by atoms with Crippen LogP contribution in [-0.4, -0.2) is 23.0 Å². The van der Waals surface area contributed by atoms with Gasteiger partial charge in [0.15, 0.2) is 0 Å². The fraction of sp³-hybridized carbons (Fsp3) is 0.727. The molecule has 1 atom stereocenters. The van der Waals surface area contributed by atoms with Gasteiger partial charge in [0.05, 0.1) is 18.3 Å². The van der Waals surface area contributed by atoms with E-state index >= 15 is 0 Å². The Hall–Kier alpha value is -0.830. The number of hydrogen-bond donors (Lipinski definition) is 0. The molecule has 1 saturated heterocycles. The van der Waals surface area contributed by atoms with Gasteiger partial charge < -0.3 is 4.74 Å². The van der Waals surface area contributed by atoms with Crippen LogP contribution in [0.5, 0.6) is 0 Å². The van der Waals surface area contributed by atoms with Gasteiger partial charge in [0.25, 0.3) is 0 Å². The van der Waals surface area contributed by atoms with Gasteiger partial charge in [-0.05, 0) is 12.5 Å². The summed E-state index contributed by atoms with van der Waals surface area (Å²) in [5.74, 6) is 0. The van der Waals surface area contributed by atoms with E-state index in [0.717, 1.165) is 25.3 Å². The van der Waals surface area contributed by atoms with Gasteiger partial charge in [-0.15, -0.1) is 0 Å². The molecule has 78 valence electrons. The van der Waals surface area contributed by atoms with Crippen molar-refractivity contribution in [3.63, 3.8) is 0 Å². The van der Waals surface area contributed by atoms with Crippen LogP contribution < -0.4 is 0 Å². The van der Waals surface area contributed by atoms with E-state index in [-0.39, 0.29) is 5.41 Å². The first kappa shape index (κ1) is 9.71. The lowest BCUT2D eigenvalue weighted by atomic mass is 9.93. The molecule has 2 heterocycles. The minimum Gasteiger partial charge on any atom is -0.379 e. The maximum atomic E-state index is 5.35. The molecule has 3 heteroatoms. The van der Waals surface area contributed by atoms with E-state index in [1.54, 1.807) is 0 Å². The summed E-state index contributed by atoms with van der Waals surface area (Å²) in [6.07, 6.45) is 3.16. The Morgan fingerprint density at radius 1 is 1.50 bits per heavy atom. The van der Waals surface area contributed by atoms with Crippen LogP contribution >= 0.6 is 0 Å². The van der Waals surface area contributed by atoms with Gasteiger partial charge in [-0.25, -0.2) is 0 Å². The molecule has 1 aromatic rings. The lowest BCUT2D eigenvalue weighted by Gasteiger charge is -2.15. The average Bonchev–Trinajstić information content (AvgIpc) is 2.73. The van der Waals surface area contributed by atoms with Crippen LogP contribution in [0.1, 0.15) is 38.9 Å². The summed E-state index contributed by atoms with van der Waals surface area (Å²) >= 11 is 0. The predicted octanol–water partition coefficient (Wildman–Crippen LogP) is 2.14.